The molecule has 0 fully saturated rings. The summed E-state index contributed by atoms with van der Waals surface area (Å²) in [6.07, 6.45) is 5.66. The van der Waals surface area contributed by atoms with Crippen molar-refractivity contribution in [3.8, 4) is 17.2 Å². The molecule has 0 unspecified atom stereocenters. The quantitative estimate of drug-likeness (QED) is 0.542. The Kier molecular flexibility index (Phi) is 6.60. The first-order valence-corrected chi connectivity index (χ1v) is 10.1. The second kappa shape index (κ2) is 9.32. The van der Waals surface area contributed by atoms with Crippen molar-refractivity contribution >= 4 is 17.7 Å². The van der Waals surface area contributed by atoms with Crippen LogP contribution in [0.1, 0.15) is 10.4 Å². The molecule has 0 saturated heterocycles. The first-order chi connectivity index (χ1) is 13.6. The number of hydrogen-bond donors (Lipinski definition) is 0. The fourth-order valence-corrected chi connectivity index (χ4v) is 3.28. The molecule has 0 bridgehead atoms. The second-order valence-electron chi connectivity index (χ2n) is 6.06. The van der Waals surface area contributed by atoms with Gasteiger partial charge < -0.3 is 14.4 Å². The Labute approximate surface area is 169 Å². The summed E-state index contributed by atoms with van der Waals surface area (Å²) < 4.78 is 13.0. The molecule has 3 aromatic rings. The van der Waals surface area contributed by atoms with E-state index < -0.39 is 0 Å². The number of para-hydroxylation sites is 2. The monoisotopic (exact) mass is 397 g/mol. The lowest BCUT2D eigenvalue weighted by Gasteiger charge is -2.18. The zero-order valence-corrected chi connectivity index (χ0v) is 17.0. The molecule has 1 amide bonds. The fourth-order valence-electron chi connectivity index (χ4n) is 2.75. The number of carbonyl (C=O) groups is 1. The van der Waals surface area contributed by atoms with Gasteiger partial charge in [-0.1, -0.05) is 23.9 Å². The minimum Gasteiger partial charge on any atom is -0.493 e. The maximum absolute atomic E-state index is 12.7. The molecule has 146 valence electrons. The van der Waals surface area contributed by atoms with Crippen LogP contribution in [0.15, 0.2) is 66.1 Å². The molecule has 0 aliphatic carbocycles. The first kappa shape index (κ1) is 19.8. The largest absolute Gasteiger partial charge is 0.493 e. The molecule has 28 heavy (non-hydrogen) atoms. The van der Waals surface area contributed by atoms with Gasteiger partial charge in [-0.3, -0.25) is 9.36 Å². The number of benzene rings is 2. The zero-order chi connectivity index (χ0) is 19.9. The smallest absolute Gasteiger partial charge is 0.253 e. The van der Waals surface area contributed by atoms with Crippen molar-refractivity contribution in [1.29, 1.82) is 0 Å². The van der Waals surface area contributed by atoms with E-state index in [0.29, 0.717) is 30.2 Å². The van der Waals surface area contributed by atoms with Crippen LogP contribution in [-0.2, 0) is 0 Å². The molecule has 0 aliphatic rings. The average molecular weight is 398 g/mol. The highest BCUT2D eigenvalue weighted by Gasteiger charge is 2.13. The molecule has 1 heterocycles. The molecule has 0 aliphatic heterocycles. The van der Waals surface area contributed by atoms with E-state index in [-0.39, 0.29) is 5.91 Å². The highest BCUT2D eigenvalue weighted by molar-refractivity contribution is 7.98. The Morgan fingerprint density at radius 2 is 1.86 bits per heavy atom. The van der Waals surface area contributed by atoms with E-state index in [1.807, 2.05) is 65.6 Å². The summed E-state index contributed by atoms with van der Waals surface area (Å²) in [6.45, 7) is 0.851. The summed E-state index contributed by atoms with van der Waals surface area (Å²) in [5, 5.41) is 0.907. The van der Waals surface area contributed by atoms with Crippen LogP contribution >= 0.6 is 11.8 Å². The third-order valence-corrected chi connectivity index (χ3v) is 4.95. The lowest BCUT2D eigenvalue weighted by Crippen LogP contribution is -2.30. The van der Waals surface area contributed by atoms with Crippen molar-refractivity contribution in [2.75, 3.05) is 33.6 Å². The first-order valence-electron chi connectivity index (χ1n) is 8.83. The third kappa shape index (κ3) is 4.48. The van der Waals surface area contributed by atoms with E-state index in [1.54, 1.807) is 37.0 Å². The van der Waals surface area contributed by atoms with Gasteiger partial charge in [0, 0.05) is 30.7 Å². The van der Waals surface area contributed by atoms with Gasteiger partial charge in [0.1, 0.15) is 6.61 Å². The van der Waals surface area contributed by atoms with Crippen LogP contribution < -0.4 is 9.47 Å². The van der Waals surface area contributed by atoms with Crippen LogP contribution in [0.4, 0.5) is 0 Å². The van der Waals surface area contributed by atoms with Gasteiger partial charge in [0.2, 0.25) is 0 Å². The molecule has 0 atom stereocenters. The summed E-state index contributed by atoms with van der Waals surface area (Å²) >= 11 is 1.58. The van der Waals surface area contributed by atoms with E-state index in [1.165, 1.54) is 0 Å². The fraction of sp³-hybridized carbons (Fsp3) is 0.238. The normalized spacial score (nSPS) is 10.5. The van der Waals surface area contributed by atoms with Gasteiger partial charge in [-0.05, 0) is 42.7 Å². The number of likely N-dealkylation sites (N-methyl/N-ethyl adjacent to an activating group) is 1. The number of carbonyl (C=O) groups excluding carboxylic acids is 1. The van der Waals surface area contributed by atoms with Crippen LogP contribution in [0.25, 0.3) is 5.69 Å². The number of ether oxygens (including phenoxy) is 2. The summed E-state index contributed by atoms with van der Waals surface area (Å²) in [5.74, 6) is 1.29. The maximum Gasteiger partial charge on any atom is 0.253 e. The van der Waals surface area contributed by atoms with Crippen LogP contribution in [0.5, 0.6) is 11.5 Å². The molecule has 7 heteroatoms. The minimum atomic E-state index is -0.0501. The summed E-state index contributed by atoms with van der Waals surface area (Å²) in [5.41, 5.74) is 1.61. The minimum absolute atomic E-state index is 0.0501. The number of imidazole rings is 1. The molecule has 0 radical (unpaired) electrons. The Morgan fingerprint density at radius 3 is 2.54 bits per heavy atom. The van der Waals surface area contributed by atoms with Crippen molar-refractivity contribution in [2.24, 2.45) is 0 Å². The van der Waals surface area contributed by atoms with E-state index >= 15 is 0 Å². The second-order valence-corrected chi connectivity index (χ2v) is 6.83. The molecule has 6 nitrogen and oxygen atoms in total. The Balaban J connectivity index is 1.59. The van der Waals surface area contributed by atoms with E-state index in [4.69, 9.17) is 9.47 Å². The van der Waals surface area contributed by atoms with Gasteiger partial charge in [-0.15, -0.1) is 0 Å². The summed E-state index contributed by atoms with van der Waals surface area (Å²) in [6, 6.07) is 15.0. The topological polar surface area (TPSA) is 56.6 Å². The lowest BCUT2D eigenvalue weighted by atomic mass is 10.2. The standard InChI is InChI=1S/C21H23N3O3S/c1-23(14-15-27-19-7-5-4-6-18(19)26-2)20(25)16-8-10-17(11-9-16)24-13-12-22-21(24)28-3/h4-13H,14-15H2,1-3H3. The predicted molar refractivity (Wildman–Crippen MR) is 111 cm³/mol. The van der Waals surface area contributed by atoms with E-state index in [9.17, 15) is 4.79 Å². The van der Waals surface area contributed by atoms with E-state index in [0.717, 1.165) is 10.8 Å². The molecular weight excluding hydrogens is 374 g/mol. The number of thioether (sulfide) groups is 1. The summed E-state index contributed by atoms with van der Waals surface area (Å²) in [4.78, 5) is 18.6. The van der Waals surface area contributed by atoms with Crippen molar-refractivity contribution in [3.05, 3.63) is 66.5 Å². The van der Waals surface area contributed by atoms with Crippen molar-refractivity contribution in [2.45, 2.75) is 5.16 Å². The number of rotatable bonds is 8. The molecule has 0 N–H and O–H groups in total. The molecule has 0 spiro atoms. The highest BCUT2D eigenvalue weighted by atomic mass is 32.2. The van der Waals surface area contributed by atoms with E-state index in [2.05, 4.69) is 4.98 Å². The van der Waals surface area contributed by atoms with Crippen molar-refractivity contribution < 1.29 is 14.3 Å². The Bertz CT molecular complexity index is 925. The number of amides is 1. The maximum atomic E-state index is 12.7. The van der Waals surface area contributed by atoms with Crippen LogP contribution in [-0.4, -0.2) is 53.9 Å². The Morgan fingerprint density at radius 1 is 1.14 bits per heavy atom. The van der Waals surface area contributed by atoms with Crippen LogP contribution in [0.3, 0.4) is 0 Å². The molecule has 0 saturated carbocycles. The lowest BCUT2D eigenvalue weighted by molar-refractivity contribution is 0.0773. The predicted octanol–water partition coefficient (Wildman–Crippen LogP) is 3.75. The SMILES string of the molecule is COc1ccccc1OCCN(C)C(=O)c1ccc(-n2ccnc2SC)cc1. The average Bonchev–Trinajstić information content (AvgIpc) is 3.22. The number of aromatic nitrogens is 2. The van der Waals surface area contributed by atoms with Gasteiger partial charge in [0.25, 0.3) is 5.91 Å². The van der Waals surface area contributed by atoms with Crippen molar-refractivity contribution in [3.63, 3.8) is 0 Å². The molecule has 1 aromatic heterocycles. The zero-order valence-electron chi connectivity index (χ0n) is 16.2. The van der Waals surface area contributed by atoms with Gasteiger partial charge in [0.15, 0.2) is 16.7 Å². The molecule has 2 aromatic carbocycles. The molecule has 3 rings (SSSR count). The Hall–Kier alpha value is -2.93. The highest BCUT2D eigenvalue weighted by Crippen LogP contribution is 2.25. The number of nitrogens with zero attached hydrogens (tertiary/aromatic N) is 3. The van der Waals surface area contributed by atoms with Crippen LogP contribution in [0, 0.1) is 0 Å². The number of hydrogen-bond acceptors (Lipinski definition) is 5. The van der Waals surface area contributed by atoms with Crippen LogP contribution in [0.2, 0.25) is 0 Å². The van der Waals surface area contributed by atoms with Gasteiger partial charge in [-0.2, -0.15) is 0 Å². The third-order valence-electron chi connectivity index (χ3n) is 4.28. The van der Waals surface area contributed by atoms with Gasteiger partial charge in [0.05, 0.1) is 13.7 Å². The summed E-state index contributed by atoms with van der Waals surface area (Å²) in [7, 11) is 3.37. The molecular formula is C21H23N3O3S. The van der Waals surface area contributed by atoms with Gasteiger partial charge >= 0.3 is 0 Å². The van der Waals surface area contributed by atoms with Gasteiger partial charge in [-0.25, -0.2) is 4.98 Å². The number of methoxy groups -OCH3 is 1. The van der Waals surface area contributed by atoms with Crippen molar-refractivity contribution in [1.82, 2.24) is 14.5 Å².